The fourth-order valence-electron chi connectivity index (χ4n) is 1.75. The zero-order chi connectivity index (χ0) is 13.1. The van der Waals surface area contributed by atoms with E-state index in [0.29, 0.717) is 12.0 Å². The van der Waals surface area contributed by atoms with E-state index in [1.165, 1.54) is 0 Å². The molecule has 0 saturated carbocycles. The van der Waals surface area contributed by atoms with Crippen LogP contribution in [-0.2, 0) is 6.42 Å². The fourth-order valence-corrected chi connectivity index (χ4v) is 1.99. The van der Waals surface area contributed by atoms with Gasteiger partial charge in [0.15, 0.2) is 5.78 Å². The van der Waals surface area contributed by atoms with Crippen molar-refractivity contribution in [1.29, 1.82) is 0 Å². The van der Waals surface area contributed by atoms with Crippen molar-refractivity contribution in [1.82, 2.24) is 9.97 Å². The summed E-state index contributed by atoms with van der Waals surface area (Å²) in [6.45, 7) is 3.77. The number of rotatable bonds is 3. The Bertz CT molecular complexity index is 579. The van der Waals surface area contributed by atoms with E-state index in [0.717, 1.165) is 21.6 Å². The third kappa shape index (κ3) is 3.01. The molecule has 0 aliphatic rings. The molecule has 0 bridgehead atoms. The fraction of sp³-hybridized carbons (Fsp3) is 0.214. The molecule has 4 heteroatoms. The SMILES string of the molecule is Cc1ccc(C(=O)Cc2ccc(Br)cn2)c(C)n1. The summed E-state index contributed by atoms with van der Waals surface area (Å²) < 4.78 is 0.909. The molecule has 0 amide bonds. The Morgan fingerprint density at radius 2 is 2.00 bits per heavy atom. The monoisotopic (exact) mass is 304 g/mol. The van der Waals surface area contributed by atoms with E-state index in [9.17, 15) is 4.79 Å². The number of ketones is 1. The van der Waals surface area contributed by atoms with Gasteiger partial charge < -0.3 is 0 Å². The molecule has 92 valence electrons. The maximum absolute atomic E-state index is 12.1. The van der Waals surface area contributed by atoms with Gasteiger partial charge in [0.05, 0.1) is 6.42 Å². The summed E-state index contributed by atoms with van der Waals surface area (Å²) in [5.74, 6) is 0.0508. The van der Waals surface area contributed by atoms with Gasteiger partial charge in [-0.1, -0.05) is 0 Å². The molecule has 18 heavy (non-hydrogen) atoms. The van der Waals surface area contributed by atoms with Gasteiger partial charge in [-0.2, -0.15) is 0 Å². The molecule has 2 rings (SSSR count). The zero-order valence-electron chi connectivity index (χ0n) is 10.3. The highest BCUT2D eigenvalue weighted by atomic mass is 79.9. The highest BCUT2D eigenvalue weighted by molar-refractivity contribution is 9.10. The van der Waals surface area contributed by atoms with Gasteiger partial charge >= 0.3 is 0 Å². The van der Waals surface area contributed by atoms with Crippen molar-refractivity contribution in [3.05, 3.63) is 57.6 Å². The van der Waals surface area contributed by atoms with E-state index in [-0.39, 0.29) is 5.78 Å². The van der Waals surface area contributed by atoms with Crippen molar-refractivity contribution in [2.45, 2.75) is 20.3 Å². The first kappa shape index (κ1) is 12.9. The van der Waals surface area contributed by atoms with Crippen molar-refractivity contribution in [3.8, 4) is 0 Å². The van der Waals surface area contributed by atoms with Gasteiger partial charge in [-0.3, -0.25) is 14.8 Å². The zero-order valence-corrected chi connectivity index (χ0v) is 11.9. The topological polar surface area (TPSA) is 42.9 Å². The maximum Gasteiger partial charge on any atom is 0.170 e. The lowest BCUT2D eigenvalue weighted by molar-refractivity contribution is 0.0991. The summed E-state index contributed by atoms with van der Waals surface area (Å²) in [4.78, 5) is 20.6. The molecule has 0 atom stereocenters. The summed E-state index contributed by atoms with van der Waals surface area (Å²) in [5.41, 5.74) is 3.14. The average Bonchev–Trinajstić information content (AvgIpc) is 2.32. The van der Waals surface area contributed by atoms with Gasteiger partial charge in [0.1, 0.15) is 0 Å². The number of Topliss-reactive ketones (excluding diaryl/α,β-unsaturated/α-hetero) is 1. The molecule has 3 nitrogen and oxygen atoms in total. The Hall–Kier alpha value is -1.55. The summed E-state index contributed by atoms with van der Waals surface area (Å²) in [6, 6.07) is 7.42. The molecule has 2 heterocycles. The van der Waals surface area contributed by atoms with Gasteiger partial charge in [0, 0.05) is 33.3 Å². The van der Waals surface area contributed by atoms with Crippen LogP contribution in [0, 0.1) is 13.8 Å². The van der Waals surface area contributed by atoms with E-state index >= 15 is 0 Å². The predicted octanol–water partition coefficient (Wildman–Crippen LogP) is 3.28. The molecule has 0 unspecified atom stereocenters. The van der Waals surface area contributed by atoms with Crippen LogP contribution in [-0.4, -0.2) is 15.8 Å². The largest absolute Gasteiger partial charge is 0.294 e. The first-order chi connectivity index (χ1) is 8.56. The van der Waals surface area contributed by atoms with E-state index in [2.05, 4.69) is 25.9 Å². The lowest BCUT2D eigenvalue weighted by Gasteiger charge is -2.05. The molecule has 0 fully saturated rings. The minimum absolute atomic E-state index is 0.0508. The number of aromatic nitrogens is 2. The second-order valence-corrected chi connectivity index (χ2v) is 5.07. The molecule has 0 radical (unpaired) electrons. The number of carbonyl (C=O) groups excluding carboxylic acids is 1. The van der Waals surface area contributed by atoms with Crippen LogP contribution < -0.4 is 0 Å². The van der Waals surface area contributed by atoms with Gasteiger partial charge in [-0.05, 0) is 54.0 Å². The minimum Gasteiger partial charge on any atom is -0.294 e. The minimum atomic E-state index is 0.0508. The number of nitrogens with zero attached hydrogens (tertiary/aromatic N) is 2. The molecule has 0 saturated heterocycles. The smallest absolute Gasteiger partial charge is 0.170 e. The molecular formula is C14H13BrN2O. The maximum atomic E-state index is 12.1. The van der Waals surface area contributed by atoms with Crippen LogP contribution in [0.1, 0.15) is 27.4 Å². The quantitative estimate of drug-likeness (QED) is 0.817. The van der Waals surface area contributed by atoms with Crippen LogP contribution >= 0.6 is 15.9 Å². The molecule has 0 spiro atoms. The second kappa shape index (κ2) is 5.40. The Morgan fingerprint density at radius 1 is 1.22 bits per heavy atom. The number of carbonyl (C=O) groups is 1. The van der Waals surface area contributed by atoms with Crippen molar-refractivity contribution in [2.75, 3.05) is 0 Å². The molecule has 2 aromatic rings. The number of hydrogen-bond donors (Lipinski definition) is 0. The normalized spacial score (nSPS) is 10.4. The Balaban J connectivity index is 2.19. The van der Waals surface area contributed by atoms with Crippen LogP contribution in [0.3, 0.4) is 0 Å². The molecular weight excluding hydrogens is 292 g/mol. The number of hydrogen-bond acceptors (Lipinski definition) is 3. The van der Waals surface area contributed by atoms with Gasteiger partial charge in [0.2, 0.25) is 0 Å². The second-order valence-electron chi connectivity index (χ2n) is 4.15. The third-order valence-electron chi connectivity index (χ3n) is 2.66. The first-order valence-corrected chi connectivity index (χ1v) is 6.43. The highest BCUT2D eigenvalue weighted by Gasteiger charge is 2.11. The molecule has 0 N–H and O–H groups in total. The summed E-state index contributed by atoms with van der Waals surface area (Å²) in [5, 5.41) is 0. The molecule has 0 aromatic carbocycles. The first-order valence-electron chi connectivity index (χ1n) is 5.64. The summed E-state index contributed by atoms with van der Waals surface area (Å²) in [6.07, 6.45) is 2.00. The molecule has 0 aliphatic carbocycles. The lowest BCUT2D eigenvalue weighted by atomic mass is 10.0. The summed E-state index contributed by atoms with van der Waals surface area (Å²) in [7, 11) is 0. The van der Waals surface area contributed by atoms with E-state index in [1.54, 1.807) is 6.20 Å². The van der Waals surface area contributed by atoms with Crippen molar-refractivity contribution in [2.24, 2.45) is 0 Å². The van der Waals surface area contributed by atoms with Crippen molar-refractivity contribution >= 4 is 21.7 Å². The van der Waals surface area contributed by atoms with Crippen LogP contribution in [0.25, 0.3) is 0 Å². The number of halogens is 1. The van der Waals surface area contributed by atoms with Gasteiger partial charge in [0.25, 0.3) is 0 Å². The standard InChI is InChI=1S/C14H13BrN2O/c1-9-3-6-13(10(2)17-9)14(18)7-12-5-4-11(15)8-16-12/h3-6,8H,7H2,1-2H3. The molecule has 2 aromatic heterocycles. The van der Waals surface area contributed by atoms with E-state index in [4.69, 9.17) is 0 Å². The van der Waals surface area contributed by atoms with Crippen molar-refractivity contribution in [3.63, 3.8) is 0 Å². The van der Waals surface area contributed by atoms with Crippen LogP contribution in [0.2, 0.25) is 0 Å². The van der Waals surface area contributed by atoms with Crippen molar-refractivity contribution < 1.29 is 4.79 Å². The van der Waals surface area contributed by atoms with Gasteiger partial charge in [-0.25, -0.2) is 0 Å². The Kier molecular flexibility index (Phi) is 3.87. The Morgan fingerprint density at radius 3 is 2.61 bits per heavy atom. The Labute approximate surface area is 114 Å². The molecule has 0 aliphatic heterocycles. The van der Waals surface area contributed by atoms with Gasteiger partial charge in [-0.15, -0.1) is 0 Å². The lowest BCUT2D eigenvalue weighted by Crippen LogP contribution is -2.08. The van der Waals surface area contributed by atoms with Crippen LogP contribution in [0.15, 0.2) is 34.9 Å². The number of aryl methyl sites for hydroxylation is 2. The van der Waals surface area contributed by atoms with E-state index < -0.39 is 0 Å². The number of pyridine rings is 2. The highest BCUT2D eigenvalue weighted by Crippen LogP contribution is 2.12. The van der Waals surface area contributed by atoms with E-state index in [1.807, 2.05) is 38.1 Å². The average molecular weight is 305 g/mol. The van der Waals surface area contributed by atoms with Crippen LogP contribution in [0.4, 0.5) is 0 Å². The van der Waals surface area contributed by atoms with Crippen LogP contribution in [0.5, 0.6) is 0 Å². The summed E-state index contributed by atoms with van der Waals surface area (Å²) >= 11 is 3.32. The predicted molar refractivity (Wildman–Crippen MR) is 73.7 cm³/mol. The third-order valence-corrected chi connectivity index (χ3v) is 3.12.